The Bertz CT molecular complexity index is 211. The highest BCUT2D eigenvalue weighted by molar-refractivity contribution is 5.22. The molecule has 0 aromatic heterocycles. The molecular weight excluding hydrogens is 172 g/mol. The molecule has 1 heteroatoms. The first kappa shape index (κ1) is 11.3. The molecule has 78 valence electrons. The summed E-state index contributed by atoms with van der Waals surface area (Å²) in [5.74, 6) is 0. The van der Waals surface area contributed by atoms with E-state index in [9.17, 15) is 0 Å². The van der Waals surface area contributed by atoms with Crippen molar-refractivity contribution in [3.05, 3.63) is 35.4 Å². The van der Waals surface area contributed by atoms with Gasteiger partial charge in [-0.1, -0.05) is 37.6 Å². The molecule has 0 heterocycles. The van der Waals surface area contributed by atoms with E-state index < -0.39 is 0 Å². The minimum absolute atomic E-state index is 0.814. The lowest BCUT2D eigenvalue weighted by molar-refractivity contribution is 0.202. The molecule has 0 atom stereocenters. The monoisotopic (exact) mass is 192 g/mol. The van der Waals surface area contributed by atoms with Gasteiger partial charge in [0.15, 0.2) is 0 Å². The van der Waals surface area contributed by atoms with E-state index in [1.165, 1.54) is 30.4 Å². The number of ether oxygens (including phenoxy) is 1. The molecule has 1 aromatic carbocycles. The van der Waals surface area contributed by atoms with Crippen LogP contribution in [0.15, 0.2) is 24.3 Å². The lowest BCUT2D eigenvalue weighted by Gasteiger charge is -2.03. The molecule has 0 aliphatic carbocycles. The van der Waals surface area contributed by atoms with E-state index >= 15 is 0 Å². The zero-order chi connectivity index (χ0) is 10.2. The third kappa shape index (κ3) is 3.93. The Hall–Kier alpha value is -0.820. The smallest absolute Gasteiger partial charge is 0.0502 e. The van der Waals surface area contributed by atoms with Crippen molar-refractivity contribution in [2.45, 2.75) is 32.6 Å². The summed E-state index contributed by atoms with van der Waals surface area (Å²) in [4.78, 5) is 0. The van der Waals surface area contributed by atoms with Crippen LogP contribution < -0.4 is 0 Å². The molecule has 0 unspecified atom stereocenters. The molecule has 0 amide bonds. The van der Waals surface area contributed by atoms with Crippen molar-refractivity contribution in [1.29, 1.82) is 0 Å². The van der Waals surface area contributed by atoms with Crippen LogP contribution in [-0.2, 0) is 17.6 Å². The lowest BCUT2D eigenvalue weighted by atomic mass is 10.1. The Balaban J connectivity index is 2.42. The van der Waals surface area contributed by atoms with Crippen molar-refractivity contribution in [2.24, 2.45) is 0 Å². The molecule has 0 aliphatic heterocycles. The molecule has 1 rings (SSSR count). The maximum absolute atomic E-state index is 5.04. The molecule has 0 fully saturated rings. The summed E-state index contributed by atoms with van der Waals surface area (Å²) in [6.07, 6.45) is 4.79. The maximum atomic E-state index is 5.04. The van der Waals surface area contributed by atoms with Crippen LogP contribution in [0, 0.1) is 0 Å². The van der Waals surface area contributed by atoms with Gasteiger partial charge in [-0.2, -0.15) is 0 Å². The Morgan fingerprint density at radius 1 is 1.00 bits per heavy atom. The molecule has 0 aliphatic rings. The molecular formula is C13H20O. The zero-order valence-electron chi connectivity index (χ0n) is 9.25. The lowest BCUT2D eigenvalue weighted by Crippen LogP contribution is -1.94. The van der Waals surface area contributed by atoms with Gasteiger partial charge in [0.05, 0.1) is 6.61 Å². The fraction of sp³-hybridized carbons (Fsp3) is 0.538. The molecule has 0 bridgehead atoms. The quantitative estimate of drug-likeness (QED) is 0.672. The van der Waals surface area contributed by atoms with Crippen LogP contribution in [0.5, 0.6) is 0 Å². The van der Waals surface area contributed by atoms with Crippen LogP contribution in [0.3, 0.4) is 0 Å². The van der Waals surface area contributed by atoms with Crippen LogP contribution >= 0.6 is 0 Å². The van der Waals surface area contributed by atoms with Crippen molar-refractivity contribution in [1.82, 2.24) is 0 Å². The number of benzene rings is 1. The number of hydrogen-bond acceptors (Lipinski definition) is 1. The highest BCUT2D eigenvalue weighted by Gasteiger charge is 1.94. The van der Waals surface area contributed by atoms with Crippen LogP contribution in [-0.4, -0.2) is 13.7 Å². The summed E-state index contributed by atoms with van der Waals surface area (Å²) >= 11 is 0. The highest BCUT2D eigenvalue weighted by atomic mass is 16.5. The van der Waals surface area contributed by atoms with Crippen molar-refractivity contribution in [2.75, 3.05) is 13.7 Å². The first-order valence-electron chi connectivity index (χ1n) is 5.43. The normalized spacial score (nSPS) is 10.4. The van der Waals surface area contributed by atoms with Gasteiger partial charge >= 0.3 is 0 Å². The van der Waals surface area contributed by atoms with Crippen molar-refractivity contribution >= 4 is 0 Å². The molecule has 0 N–H and O–H groups in total. The van der Waals surface area contributed by atoms with Crippen molar-refractivity contribution < 1.29 is 4.74 Å². The summed E-state index contributed by atoms with van der Waals surface area (Å²) in [5, 5.41) is 0. The SMILES string of the molecule is CCCCc1ccc(CCOC)cc1. The van der Waals surface area contributed by atoms with Crippen LogP contribution in [0.25, 0.3) is 0 Å². The topological polar surface area (TPSA) is 9.23 Å². The van der Waals surface area contributed by atoms with Gasteiger partial charge in [-0.05, 0) is 30.4 Å². The first-order chi connectivity index (χ1) is 6.86. The van der Waals surface area contributed by atoms with E-state index in [-0.39, 0.29) is 0 Å². The van der Waals surface area contributed by atoms with Gasteiger partial charge in [0.25, 0.3) is 0 Å². The van der Waals surface area contributed by atoms with E-state index in [1.54, 1.807) is 7.11 Å². The van der Waals surface area contributed by atoms with Crippen molar-refractivity contribution in [3.63, 3.8) is 0 Å². The second-order valence-electron chi connectivity index (χ2n) is 3.66. The molecule has 0 saturated carbocycles. The second kappa shape index (κ2) is 6.61. The highest BCUT2D eigenvalue weighted by Crippen LogP contribution is 2.08. The summed E-state index contributed by atoms with van der Waals surface area (Å²) in [6, 6.07) is 8.90. The van der Waals surface area contributed by atoms with Gasteiger partial charge in [-0.3, -0.25) is 0 Å². The van der Waals surface area contributed by atoms with Crippen LogP contribution in [0.4, 0.5) is 0 Å². The zero-order valence-corrected chi connectivity index (χ0v) is 9.25. The molecule has 0 radical (unpaired) electrons. The number of methoxy groups -OCH3 is 1. The average Bonchev–Trinajstić information content (AvgIpc) is 2.25. The van der Waals surface area contributed by atoms with Crippen LogP contribution in [0.2, 0.25) is 0 Å². The number of rotatable bonds is 6. The summed E-state index contributed by atoms with van der Waals surface area (Å²) in [5.41, 5.74) is 2.82. The standard InChI is InChI=1S/C13H20O/c1-3-4-5-12-6-8-13(9-7-12)10-11-14-2/h6-9H,3-5,10-11H2,1-2H3. The predicted octanol–water partition coefficient (Wildman–Crippen LogP) is 3.22. The number of unbranched alkanes of at least 4 members (excludes halogenated alkanes) is 1. The third-order valence-electron chi connectivity index (χ3n) is 2.44. The molecule has 14 heavy (non-hydrogen) atoms. The summed E-state index contributed by atoms with van der Waals surface area (Å²) < 4.78 is 5.04. The van der Waals surface area contributed by atoms with Gasteiger partial charge in [-0.25, -0.2) is 0 Å². The number of hydrogen-bond donors (Lipinski definition) is 0. The predicted molar refractivity (Wildman–Crippen MR) is 60.6 cm³/mol. The molecule has 1 nitrogen and oxygen atoms in total. The average molecular weight is 192 g/mol. The van der Waals surface area contributed by atoms with Gasteiger partial charge in [-0.15, -0.1) is 0 Å². The summed E-state index contributed by atoms with van der Waals surface area (Å²) in [7, 11) is 1.75. The van der Waals surface area contributed by atoms with E-state index in [0.717, 1.165) is 13.0 Å². The van der Waals surface area contributed by atoms with Gasteiger partial charge in [0.2, 0.25) is 0 Å². The molecule has 0 saturated heterocycles. The largest absolute Gasteiger partial charge is 0.384 e. The van der Waals surface area contributed by atoms with Gasteiger partial charge < -0.3 is 4.74 Å². The third-order valence-corrected chi connectivity index (χ3v) is 2.44. The minimum atomic E-state index is 0.814. The van der Waals surface area contributed by atoms with Gasteiger partial charge in [0, 0.05) is 7.11 Å². The second-order valence-corrected chi connectivity index (χ2v) is 3.66. The Morgan fingerprint density at radius 3 is 2.07 bits per heavy atom. The number of aryl methyl sites for hydroxylation is 1. The minimum Gasteiger partial charge on any atom is -0.384 e. The van der Waals surface area contributed by atoms with Crippen molar-refractivity contribution in [3.8, 4) is 0 Å². The first-order valence-corrected chi connectivity index (χ1v) is 5.43. The van der Waals surface area contributed by atoms with Crippen LogP contribution in [0.1, 0.15) is 30.9 Å². The summed E-state index contributed by atoms with van der Waals surface area (Å²) in [6.45, 7) is 3.04. The molecule has 1 aromatic rings. The molecule has 0 spiro atoms. The Kier molecular flexibility index (Phi) is 5.31. The maximum Gasteiger partial charge on any atom is 0.0502 e. The fourth-order valence-corrected chi connectivity index (χ4v) is 1.47. The van der Waals surface area contributed by atoms with Gasteiger partial charge in [0.1, 0.15) is 0 Å². The van der Waals surface area contributed by atoms with E-state index in [4.69, 9.17) is 4.74 Å². The Labute approximate surface area is 87.1 Å². The Morgan fingerprint density at radius 2 is 1.57 bits per heavy atom. The van der Waals surface area contributed by atoms with E-state index in [0.29, 0.717) is 0 Å². The fourth-order valence-electron chi connectivity index (χ4n) is 1.47. The van der Waals surface area contributed by atoms with E-state index in [1.807, 2.05) is 0 Å². The van der Waals surface area contributed by atoms with E-state index in [2.05, 4.69) is 31.2 Å².